The highest BCUT2D eigenvalue weighted by molar-refractivity contribution is 7.99. The minimum Gasteiger partial charge on any atom is -0.300 e. The SMILES string of the molecule is CCCC1CCCCN1CC1CSc2ccccc21. The minimum atomic E-state index is 0.763. The normalized spacial score (nSPS) is 27.4. The van der Waals surface area contributed by atoms with Gasteiger partial charge in [0.05, 0.1) is 0 Å². The summed E-state index contributed by atoms with van der Waals surface area (Å²) >= 11 is 2.05. The molecule has 0 radical (unpaired) electrons. The number of nitrogens with zero attached hydrogens (tertiary/aromatic N) is 1. The quantitative estimate of drug-likeness (QED) is 0.794. The third kappa shape index (κ3) is 3.00. The third-order valence-corrected chi connectivity index (χ3v) is 5.88. The van der Waals surface area contributed by atoms with Crippen LogP contribution in [0.1, 0.15) is 50.5 Å². The summed E-state index contributed by atoms with van der Waals surface area (Å²) in [5, 5.41) is 0. The molecule has 0 amide bonds. The Morgan fingerprint density at radius 3 is 3.05 bits per heavy atom. The molecule has 0 aromatic heterocycles. The average molecular weight is 275 g/mol. The van der Waals surface area contributed by atoms with Crippen molar-refractivity contribution < 1.29 is 0 Å². The van der Waals surface area contributed by atoms with Gasteiger partial charge < -0.3 is 0 Å². The summed E-state index contributed by atoms with van der Waals surface area (Å²) < 4.78 is 0. The number of fused-ring (bicyclic) bond motifs is 1. The van der Waals surface area contributed by atoms with Gasteiger partial charge in [0.15, 0.2) is 0 Å². The van der Waals surface area contributed by atoms with Gasteiger partial charge in [-0.3, -0.25) is 4.90 Å². The second-order valence-corrected chi connectivity index (χ2v) is 7.04. The summed E-state index contributed by atoms with van der Waals surface area (Å²) in [4.78, 5) is 4.32. The topological polar surface area (TPSA) is 3.24 Å². The zero-order chi connectivity index (χ0) is 13.1. The predicted octanol–water partition coefficient (Wildman–Crippen LogP) is 4.53. The lowest BCUT2D eigenvalue weighted by atomic mass is 9.94. The Labute approximate surface area is 121 Å². The van der Waals surface area contributed by atoms with Gasteiger partial charge in [0, 0.05) is 29.2 Å². The smallest absolute Gasteiger partial charge is 0.0108 e. The maximum absolute atomic E-state index is 2.79. The monoisotopic (exact) mass is 275 g/mol. The minimum absolute atomic E-state index is 0.763. The molecule has 3 rings (SSSR count). The van der Waals surface area contributed by atoms with Crippen molar-refractivity contribution in [3.05, 3.63) is 29.8 Å². The van der Waals surface area contributed by atoms with Gasteiger partial charge in [-0.2, -0.15) is 0 Å². The van der Waals surface area contributed by atoms with Crippen LogP contribution in [0.5, 0.6) is 0 Å². The largest absolute Gasteiger partial charge is 0.300 e. The third-order valence-electron chi connectivity index (χ3n) is 4.62. The molecule has 0 aliphatic carbocycles. The Kier molecular flexibility index (Phi) is 4.49. The Morgan fingerprint density at radius 1 is 1.26 bits per heavy atom. The van der Waals surface area contributed by atoms with E-state index in [1.165, 1.54) is 55.8 Å². The summed E-state index contributed by atoms with van der Waals surface area (Å²) in [5.74, 6) is 2.05. The van der Waals surface area contributed by atoms with Crippen LogP contribution in [0.2, 0.25) is 0 Å². The molecule has 0 spiro atoms. The number of thioether (sulfide) groups is 1. The van der Waals surface area contributed by atoms with Gasteiger partial charge >= 0.3 is 0 Å². The first-order valence-electron chi connectivity index (χ1n) is 7.84. The summed E-state index contributed by atoms with van der Waals surface area (Å²) in [6.07, 6.45) is 6.99. The lowest BCUT2D eigenvalue weighted by Gasteiger charge is -2.37. The summed E-state index contributed by atoms with van der Waals surface area (Å²) in [7, 11) is 0. The highest BCUT2D eigenvalue weighted by Gasteiger charge is 2.28. The van der Waals surface area contributed by atoms with E-state index in [1.807, 2.05) is 0 Å². The number of likely N-dealkylation sites (tertiary alicyclic amines) is 1. The molecule has 1 aromatic carbocycles. The molecule has 2 atom stereocenters. The van der Waals surface area contributed by atoms with E-state index in [-0.39, 0.29) is 0 Å². The standard InChI is InChI=1S/C17H25NS/c1-2-7-15-8-5-6-11-18(15)12-14-13-19-17-10-4-3-9-16(14)17/h3-4,9-10,14-15H,2,5-8,11-13H2,1H3. The van der Waals surface area contributed by atoms with Crippen molar-refractivity contribution in [1.29, 1.82) is 0 Å². The fraction of sp³-hybridized carbons (Fsp3) is 0.647. The zero-order valence-electron chi connectivity index (χ0n) is 12.0. The first-order valence-corrected chi connectivity index (χ1v) is 8.83. The highest BCUT2D eigenvalue weighted by Crippen LogP contribution is 2.40. The molecule has 104 valence electrons. The van der Waals surface area contributed by atoms with Crippen molar-refractivity contribution in [2.75, 3.05) is 18.8 Å². The van der Waals surface area contributed by atoms with Crippen LogP contribution in [0, 0.1) is 0 Å². The molecule has 0 bridgehead atoms. The second kappa shape index (κ2) is 6.32. The van der Waals surface area contributed by atoms with Crippen LogP contribution >= 0.6 is 11.8 Å². The highest BCUT2D eigenvalue weighted by atomic mass is 32.2. The molecule has 2 heterocycles. The van der Waals surface area contributed by atoms with Crippen LogP contribution in [0.25, 0.3) is 0 Å². The van der Waals surface area contributed by atoms with Crippen molar-refractivity contribution in [2.45, 2.75) is 55.9 Å². The number of hydrogen-bond donors (Lipinski definition) is 0. The van der Waals surface area contributed by atoms with Gasteiger partial charge in [-0.1, -0.05) is 38.0 Å². The predicted molar refractivity (Wildman–Crippen MR) is 84.0 cm³/mol. The van der Waals surface area contributed by atoms with Crippen molar-refractivity contribution >= 4 is 11.8 Å². The lowest BCUT2D eigenvalue weighted by molar-refractivity contribution is 0.133. The Hall–Kier alpha value is -0.470. The number of rotatable bonds is 4. The van der Waals surface area contributed by atoms with Gasteiger partial charge in [-0.15, -0.1) is 11.8 Å². The molecule has 0 N–H and O–H groups in total. The van der Waals surface area contributed by atoms with Crippen LogP contribution in [0.15, 0.2) is 29.2 Å². The van der Waals surface area contributed by atoms with Crippen LogP contribution in [0.3, 0.4) is 0 Å². The van der Waals surface area contributed by atoms with Crippen molar-refractivity contribution in [1.82, 2.24) is 4.90 Å². The molecule has 1 saturated heterocycles. The Morgan fingerprint density at radius 2 is 2.16 bits per heavy atom. The number of piperidine rings is 1. The maximum atomic E-state index is 2.79. The molecule has 19 heavy (non-hydrogen) atoms. The fourth-order valence-electron chi connectivity index (χ4n) is 3.62. The van der Waals surface area contributed by atoms with Crippen molar-refractivity contribution in [3.63, 3.8) is 0 Å². The van der Waals surface area contributed by atoms with E-state index in [9.17, 15) is 0 Å². The van der Waals surface area contributed by atoms with E-state index < -0.39 is 0 Å². The van der Waals surface area contributed by atoms with Crippen LogP contribution in [-0.2, 0) is 0 Å². The maximum Gasteiger partial charge on any atom is 0.0108 e. The second-order valence-electron chi connectivity index (χ2n) is 5.98. The molecule has 0 saturated carbocycles. The molecule has 1 nitrogen and oxygen atoms in total. The summed E-state index contributed by atoms with van der Waals surface area (Å²) in [5.41, 5.74) is 1.60. The van der Waals surface area contributed by atoms with E-state index in [0.717, 1.165) is 12.0 Å². The number of hydrogen-bond acceptors (Lipinski definition) is 2. The molecular weight excluding hydrogens is 250 g/mol. The molecule has 1 fully saturated rings. The van der Waals surface area contributed by atoms with Crippen LogP contribution < -0.4 is 0 Å². The fourth-order valence-corrected chi connectivity index (χ4v) is 4.87. The Bertz CT molecular complexity index is 415. The molecule has 2 aliphatic heterocycles. The van der Waals surface area contributed by atoms with Crippen molar-refractivity contribution in [3.8, 4) is 0 Å². The van der Waals surface area contributed by atoms with Crippen LogP contribution in [0.4, 0.5) is 0 Å². The van der Waals surface area contributed by atoms with E-state index in [0.29, 0.717) is 0 Å². The molecule has 1 aromatic rings. The molecule has 2 unspecified atom stereocenters. The van der Waals surface area contributed by atoms with Gasteiger partial charge in [0.2, 0.25) is 0 Å². The first kappa shape index (κ1) is 13.5. The van der Waals surface area contributed by atoms with E-state index >= 15 is 0 Å². The van der Waals surface area contributed by atoms with Gasteiger partial charge in [0.1, 0.15) is 0 Å². The zero-order valence-corrected chi connectivity index (χ0v) is 12.8. The van der Waals surface area contributed by atoms with Gasteiger partial charge in [0.25, 0.3) is 0 Å². The van der Waals surface area contributed by atoms with E-state index in [4.69, 9.17) is 0 Å². The average Bonchev–Trinajstić information content (AvgIpc) is 2.85. The van der Waals surface area contributed by atoms with Crippen molar-refractivity contribution in [2.24, 2.45) is 0 Å². The Balaban J connectivity index is 1.67. The van der Waals surface area contributed by atoms with E-state index in [1.54, 1.807) is 5.56 Å². The van der Waals surface area contributed by atoms with Gasteiger partial charge in [-0.25, -0.2) is 0 Å². The molecular formula is C17H25NS. The molecule has 2 heteroatoms. The first-order chi connectivity index (χ1) is 9.38. The van der Waals surface area contributed by atoms with Gasteiger partial charge in [-0.05, 0) is 37.4 Å². The molecule has 2 aliphatic rings. The lowest BCUT2D eigenvalue weighted by Crippen LogP contribution is -2.41. The van der Waals surface area contributed by atoms with E-state index in [2.05, 4.69) is 47.9 Å². The summed E-state index contributed by atoms with van der Waals surface area (Å²) in [6.45, 7) is 4.94. The summed E-state index contributed by atoms with van der Waals surface area (Å²) in [6, 6.07) is 9.88. The number of benzene rings is 1. The van der Waals surface area contributed by atoms with Crippen LogP contribution in [-0.4, -0.2) is 29.8 Å².